The monoisotopic (exact) mass is 674 g/mol. The highest BCUT2D eigenvalue weighted by molar-refractivity contribution is 6.13. The molecule has 1 aliphatic rings. The second kappa shape index (κ2) is 12.3. The summed E-state index contributed by atoms with van der Waals surface area (Å²) in [5.74, 6) is 0. The number of rotatable bonds is 5. The predicted octanol–water partition coefficient (Wildman–Crippen LogP) is 14.6. The first-order chi connectivity index (χ1) is 26.0. The van der Waals surface area contributed by atoms with Crippen molar-refractivity contribution in [1.29, 1.82) is 0 Å². The molecular weight excluding hydrogens is 637 g/mol. The third-order valence-electron chi connectivity index (χ3n) is 11.5. The van der Waals surface area contributed by atoms with Crippen LogP contribution in [0.3, 0.4) is 0 Å². The van der Waals surface area contributed by atoms with Gasteiger partial charge >= 0.3 is 0 Å². The van der Waals surface area contributed by atoms with Crippen molar-refractivity contribution in [1.82, 2.24) is 0 Å². The summed E-state index contributed by atoms with van der Waals surface area (Å²) >= 11 is 0. The van der Waals surface area contributed by atoms with Gasteiger partial charge in [0.15, 0.2) is 0 Å². The van der Waals surface area contributed by atoms with E-state index in [1.54, 1.807) is 0 Å². The lowest BCUT2D eigenvalue weighted by molar-refractivity contribution is 0.660. The van der Waals surface area contributed by atoms with Crippen LogP contribution in [0.1, 0.15) is 25.0 Å². The SMILES string of the molecule is CC1(C)c2ccccc2-c2ccc(-c3ccc4c(-c5ccccc5)c(-c5cccc(-c6ccc7ccccc7c6)c5)ccc4c3-c3ccccc3)cc21. The molecule has 10 rings (SSSR count). The third-order valence-corrected chi connectivity index (χ3v) is 11.5. The van der Waals surface area contributed by atoms with Gasteiger partial charge in [0, 0.05) is 5.41 Å². The van der Waals surface area contributed by atoms with E-state index in [-0.39, 0.29) is 5.41 Å². The second-order valence-electron chi connectivity index (χ2n) is 14.9. The van der Waals surface area contributed by atoms with Crippen LogP contribution in [0.25, 0.3) is 88.3 Å². The van der Waals surface area contributed by atoms with Crippen LogP contribution in [0.2, 0.25) is 0 Å². The second-order valence-corrected chi connectivity index (χ2v) is 14.9. The zero-order chi connectivity index (χ0) is 35.5. The Bertz CT molecular complexity index is 2840. The lowest BCUT2D eigenvalue weighted by atomic mass is 9.80. The average molecular weight is 675 g/mol. The first-order valence-corrected chi connectivity index (χ1v) is 18.6. The van der Waals surface area contributed by atoms with Crippen LogP contribution in [0.4, 0.5) is 0 Å². The Morgan fingerprint density at radius 2 is 0.774 bits per heavy atom. The fourth-order valence-electron chi connectivity index (χ4n) is 8.83. The van der Waals surface area contributed by atoms with E-state index >= 15 is 0 Å². The van der Waals surface area contributed by atoms with Crippen LogP contribution in [-0.2, 0) is 5.41 Å². The zero-order valence-corrected chi connectivity index (χ0v) is 30.0. The molecule has 0 saturated carbocycles. The summed E-state index contributed by atoms with van der Waals surface area (Å²) in [5.41, 5.74) is 17.8. The molecule has 0 aromatic heterocycles. The maximum absolute atomic E-state index is 2.45. The molecule has 0 spiro atoms. The Morgan fingerprint density at radius 1 is 0.283 bits per heavy atom. The standard InChI is InChI=1S/C53H38/c1-53(2)49-23-12-11-22-45(49)46-27-26-42(34-50(46)53)44-29-31-47-48(52(44)37-17-7-4-8-18-37)30-28-43(51(47)36-15-5-3-6-16-36)41-21-13-20-39(33-41)40-25-24-35-14-9-10-19-38(35)32-40/h3-34H,1-2H3. The van der Waals surface area contributed by atoms with Gasteiger partial charge in [-0.2, -0.15) is 0 Å². The van der Waals surface area contributed by atoms with Crippen molar-refractivity contribution in [2.75, 3.05) is 0 Å². The lowest BCUT2D eigenvalue weighted by Gasteiger charge is -2.23. The molecule has 0 heteroatoms. The normalized spacial score (nSPS) is 12.9. The smallest absolute Gasteiger partial charge is 0.0159 e. The molecule has 0 saturated heterocycles. The van der Waals surface area contributed by atoms with Gasteiger partial charge in [-0.1, -0.05) is 190 Å². The molecule has 0 heterocycles. The van der Waals surface area contributed by atoms with Crippen LogP contribution in [0.5, 0.6) is 0 Å². The van der Waals surface area contributed by atoms with Crippen molar-refractivity contribution in [3.8, 4) is 66.8 Å². The highest BCUT2D eigenvalue weighted by Gasteiger charge is 2.35. The van der Waals surface area contributed by atoms with Crippen LogP contribution in [-0.4, -0.2) is 0 Å². The quantitative estimate of drug-likeness (QED) is 0.170. The molecule has 0 radical (unpaired) electrons. The van der Waals surface area contributed by atoms with Crippen LogP contribution >= 0.6 is 0 Å². The molecule has 0 bridgehead atoms. The zero-order valence-electron chi connectivity index (χ0n) is 30.0. The minimum Gasteiger partial charge on any atom is -0.0622 e. The maximum atomic E-state index is 2.45. The summed E-state index contributed by atoms with van der Waals surface area (Å²) in [6.45, 7) is 4.73. The van der Waals surface area contributed by atoms with E-state index in [4.69, 9.17) is 0 Å². The first-order valence-electron chi connectivity index (χ1n) is 18.6. The van der Waals surface area contributed by atoms with Gasteiger partial charge in [0.25, 0.3) is 0 Å². The Labute approximate surface area is 311 Å². The van der Waals surface area contributed by atoms with Crippen molar-refractivity contribution in [2.24, 2.45) is 0 Å². The number of hydrogen-bond donors (Lipinski definition) is 0. The molecule has 0 N–H and O–H groups in total. The molecule has 0 atom stereocenters. The molecule has 0 aliphatic heterocycles. The Balaban J connectivity index is 1.19. The van der Waals surface area contributed by atoms with Crippen molar-refractivity contribution in [3.63, 3.8) is 0 Å². The lowest BCUT2D eigenvalue weighted by Crippen LogP contribution is -2.14. The van der Waals surface area contributed by atoms with Crippen molar-refractivity contribution in [3.05, 3.63) is 205 Å². The molecule has 0 fully saturated rings. The Hall–Kier alpha value is -6.50. The molecule has 9 aromatic carbocycles. The van der Waals surface area contributed by atoms with Gasteiger partial charge in [0.1, 0.15) is 0 Å². The van der Waals surface area contributed by atoms with Crippen LogP contribution in [0, 0.1) is 0 Å². The van der Waals surface area contributed by atoms with E-state index in [1.807, 2.05) is 0 Å². The van der Waals surface area contributed by atoms with Gasteiger partial charge < -0.3 is 0 Å². The van der Waals surface area contributed by atoms with E-state index in [2.05, 4.69) is 208 Å². The Kier molecular flexibility index (Phi) is 7.27. The summed E-state index contributed by atoms with van der Waals surface area (Å²) in [6.07, 6.45) is 0. The van der Waals surface area contributed by atoms with Crippen molar-refractivity contribution >= 4 is 21.5 Å². The number of hydrogen-bond acceptors (Lipinski definition) is 0. The molecule has 250 valence electrons. The summed E-state index contributed by atoms with van der Waals surface area (Å²) in [5, 5.41) is 5.02. The molecule has 0 amide bonds. The third kappa shape index (κ3) is 5.13. The molecule has 53 heavy (non-hydrogen) atoms. The van der Waals surface area contributed by atoms with E-state index in [1.165, 1.54) is 99.4 Å². The van der Waals surface area contributed by atoms with Crippen LogP contribution < -0.4 is 0 Å². The predicted molar refractivity (Wildman–Crippen MR) is 226 cm³/mol. The molecule has 1 aliphatic carbocycles. The number of benzene rings is 9. The summed E-state index contributed by atoms with van der Waals surface area (Å²) in [6, 6.07) is 71.7. The van der Waals surface area contributed by atoms with Gasteiger partial charge in [-0.25, -0.2) is 0 Å². The fraction of sp³-hybridized carbons (Fsp3) is 0.0566. The molecule has 0 nitrogen and oxygen atoms in total. The maximum Gasteiger partial charge on any atom is 0.0159 e. The molecular formula is C53H38. The Morgan fingerprint density at radius 3 is 1.47 bits per heavy atom. The molecule has 0 unspecified atom stereocenters. The summed E-state index contributed by atoms with van der Waals surface area (Å²) in [4.78, 5) is 0. The van der Waals surface area contributed by atoms with Gasteiger partial charge in [-0.15, -0.1) is 0 Å². The average Bonchev–Trinajstić information content (AvgIpc) is 3.45. The van der Waals surface area contributed by atoms with E-state index in [0.29, 0.717) is 0 Å². The highest BCUT2D eigenvalue weighted by atomic mass is 14.4. The summed E-state index contributed by atoms with van der Waals surface area (Å²) in [7, 11) is 0. The van der Waals surface area contributed by atoms with E-state index in [0.717, 1.165) is 0 Å². The van der Waals surface area contributed by atoms with Gasteiger partial charge in [-0.3, -0.25) is 0 Å². The van der Waals surface area contributed by atoms with Gasteiger partial charge in [0.05, 0.1) is 0 Å². The van der Waals surface area contributed by atoms with E-state index < -0.39 is 0 Å². The van der Waals surface area contributed by atoms with Gasteiger partial charge in [0.2, 0.25) is 0 Å². The van der Waals surface area contributed by atoms with Crippen molar-refractivity contribution < 1.29 is 0 Å². The van der Waals surface area contributed by atoms with Gasteiger partial charge in [-0.05, 0) is 118 Å². The summed E-state index contributed by atoms with van der Waals surface area (Å²) < 4.78 is 0. The largest absolute Gasteiger partial charge is 0.0622 e. The fourth-order valence-corrected chi connectivity index (χ4v) is 8.83. The van der Waals surface area contributed by atoms with Crippen LogP contribution in [0.15, 0.2) is 194 Å². The minimum absolute atomic E-state index is 0.0670. The first kappa shape index (κ1) is 31.3. The molecule has 9 aromatic rings. The van der Waals surface area contributed by atoms with E-state index in [9.17, 15) is 0 Å². The van der Waals surface area contributed by atoms with Crippen molar-refractivity contribution in [2.45, 2.75) is 19.3 Å². The number of fused-ring (bicyclic) bond motifs is 5. The minimum atomic E-state index is -0.0670. The highest BCUT2D eigenvalue weighted by Crippen LogP contribution is 2.51. The topological polar surface area (TPSA) is 0 Å².